The van der Waals surface area contributed by atoms with Crippen LogP contribution in [0.3, 0.4) is 0 Å². The zero-order valence-electron chi connectivity index (χ0n) is 24.6. The number of carbonyl (C=O) groups excluding carboxylic acids is 2. The largest absolute Gasteiger partial charge is 0.352 e. The smallest absolute Gasteiger partial charge is 0.264 e. The summed E-state index contributed by atoms with van der Waals surface area (Å²) < 4.78 is 29.1. The Bertz CT molecular complexity index is 1470. The number of amides is 2. The Balaban J connectivity index is 2.10. The van der Waals surface area contributed by atoms with E-state index in [1.165, 1.54) is 29.2 Å². The Hall–Kier alpha value is -3.36. The molecule has 2 unspecified atom stereocenters. The van der Waals surface area contributed by atoms with E-state index < -0.39 is 28.5 Å². The van der Waals surface area contributed by atoms with E-state index in [4.69, 9.17) is 11.6 Å². The predicted octanol–water partition coefficient (Wildman–Crippen LogP) is 6.18. The average molecular weight is 598 g/mol. The van der Waals surface area contributed by atoms with Gasteiger partial charge in [0.15, 0.2) is 0 Å². The molecule has 0 spiro atoms. The van der Waals surface area contributed by atoms with Crippen LogP contribution in [-0.4, -0.2) is 43.8 Å². The van der Waals surface area contributed by atoms with Crippen molar-refractivity contribution in [2.24, 2.45) is 0 Å². The number of anilines is 1. The van der Waals surface area contributed by atoms with Crippen LogP contribution in [0.15, 0.2) is 71.6 Å². The zero-order chi connectivity index (χ0) is 30.3. The zero-order valence-corrected chi connectivity index (χ0v) is 26.2. The molecule has 0 aliphatic rings. The summed E-state index contributed by atoms with van der Waals surface area (Å²) in [5, 5.41) is 3.40. The molecule has 220 valence electrons. The summed E-state index contributed by atoms with van der Waals surface area (Å²) >= 11 is 6.03. The first kappa shape index (κ1) is 32.2. The monoisotopic (exact) mass is 597 g/mol. The highest BCUT2D eigenvalue weighted by molar-refractivity contribution is 7.92. The lowest BCUT2D eigenvalue weighted by Gasteiger charge is -2.34. The van der Waals surface area contributed by atoms with Crippen molar-refractivity contribution < 1.29 is 18.0 Å². The third-order valence-electron chi connectivity index (χ3n) is 7.45. The number of nitrogens with zero attached hydrogens (tertiary/aromatic N) is 2. The highest BCUT2D eigenvalue weighted by Crippen LogP contribution is 2.27. The number of sulfonamides is 1. The van der Waals surface area contributed by atoms with Gasteiger partial charge in [0.25, 0.3) is 10.0 Å². The van der Waals surface area contributed by atoms with Gasteiger partial charge in [0.05, 0.1) is 10.6 Å². The van der Waals surface area contributed by atoms with Crippen LogP contribution in [-0.2, 0) is 26.2 Å². The molecule has 0 aliphatic heterocycles. The van der Waals surface area contributed by atoms with Crippen molar-refractivity contribution in [1.82, 2.24) is 10.2 Å². The van der Waals surface area contributed by atoms with E-state index in [0.29, 0.717) is 17.1 Å². The highest BCUT2D eigenvalue weighted by atomic mass is 35.5. The van der Waals surface area contributed by atoms with Gasteiger partial charge in [0.1, 0.15) is 12.6 Å². The van der Waals surface area contributed by atoms with E-state index in [-0.39, 0.29) is 23.4 Å². The molecule has 0 aromatic heterocycles. The second-order valence-corrected chi connectivity index (χ2v) is 12.7. The Morgan fingerprint density at radius 1 is 0.878 bits per heavy atom. The van der Waals surface area contributed by atoms with Crippen LogP contribution >= 0.6 is 11.6 Å². The van der Waals surface area contributed by atoms with Gasteiger partial charge < -0.3 is 10.2 Å². The van der Waals surface area contributed by atoms with E-state index in [2.05, 4.69) is 5.32 Å². The third kappa shape index (κ3) is 7.89. The van der Waals surface area contributed by atoms with Crippen molar-refractivity contribution in [3.05, 3.63) is 94.0 Å². The lowest BCUT2D eigenvalue weighted by molar-refractivity contribution is -0.140. The lowest BCUT2D eigenvalue weighted by atomic mass is 10.1. The fourth-order valence-electron chi connectivity index (χ4n) is 4.47. The molecule has 3 rings (SSSR count). The Morgan fingerprint density at radius 2 is 1.54 bits per heavy atom. The maximum atomic E-state index is 14.2. The minimum Gasteiger partial charge on any atom is -0.352 e. The Kier molecular flexibility index (Phi) is 11.0. The fourth-order valence-corrected chi connectivity index (χ4v) is 6.01. The molecule has 0 saturated carbocycles. The topological polar surface area (TPSA) is 86.8 Å². The highest BCUT2D eigenvalue weighted by Gasteiger charge is 2.34. The molecule has 0 saturated heterocycles. The molecule has 3 aromatic rings. The van der Waals surface area contributed by atoms with Gasteiger partial charge in [-0.2, -0.15) is 0 Å². The number of hydrogen-bond acceptors (Lipinski definition) is 4. The SMILES string of the molecule is CCC(C)NC(=O)C(CC)N(Cc1ccccc1C)C(=O)CN(c1ccc(C)c(C)c1)S(=O)(=O)c1ccc(Cl)cc1. The van der Waals surface area contributed by atoms with Crippen LogP contribution in [0, 0.1) is 20.8 Å². The minimum absolute atomic E-state index is 0.0138. The minimum atomic E-state index is -4.16. The number of rotatable bonds is 12. The molecule has 9 heteroatoms. The quantitative estimate of drug-likeness (QED) is 0.270. The molecule has 0 bridgehead atoms. The lowest BCUT2D eigenvalue weighted by Crippen LogP contribution is -2.53. The van der Waals surface area contributed by atoms with Crippen LogP contribution in [0.5, 0.6) is 0 Å². The summed E-state index contributed by atoms with van der Waals surface area (Å²) in [6.45, 7) is 11.2. The van der Waals surface area contributed by atoms with Gasteiger partial charge in [0, 0.05) is 17.6 Å². The van der Waals surface area contributed by atoms with Crippen LogP contribution in [0.1, 0.15) is 55.9 Å². The van der Waals surface area contributed by atoms with Gasteiger partial charge in [-0.05, 0) is 99.2 Å². The van der Waals surface area contributed by atoms with Crippen molar-refractivity contribution >= 4 is 39.1 Å². The first-order valence-electron chi connectivity index (χ1n) is 13.9. The van der Waals surface area contributed by atoms with Gasteiger partial charge in [-0.25, -0.2) is 8.42 Å². The maximum Gasteiger partial charge on any atom is 0.264 e. The second kappa shape index (κ2) is 14.0. The summed E-state index contributed by atoms with van der Waals surface area (Å²) in [4.78, 5) is 29.1. The fraction of sp³-hybridized carbons (Fsp3) is 0.375. The van der Waals surface area contributed by atoms with E-state index in [1.54, 1.807) is 12.1 Å². The predicted molar refractivity (Wildman–Crippen MR) is 166 cm³/mol. The summed E-state index contributed by atoms with van der Waals surface area (Å²) in [5.74, 6) is -0.739. The van der Waals surface area contributed by atoms with Crippen molar-refractivity contribution in [3.63, 3.8) is 0 Å². The summed E-state index contributed by atoms with van der Waals surface area (Å²) in [5.41, 5.74) is 4.11. The second-order valence-electron chi connectivity index (χ2n) is 10.4. The Labute approximate surface area is 249 Å². The molecule has 3 aromatic carbocycles. The van der Waals surface area contributed by atoms with E-state index >= 15 is 0 Å². The van der Waals surface area contributed by atoms with Crippen molar-refractivity contribution in [3.8, 4) is 0 Å². The molecule has 0 aliphatic carbocycles. The first-order chi connectivity index (χ1) is 19.4. The molecule has 7 nitrogen and oxygen atoms in total. The molecule has 1 N–H and O–H groups in total. The van der Waals surface area contributed by atoms with Crippen molar-refractivity contribution in [1.29, 1.82) is 0 Å². The summed E-state index contributed by atoms with van der Waals surface area (Å²) in [6, 6.07) is 18.0. The molecular formula is C32H40ClN3O4S. The van der Waals surface area contributed by atoms with Gasteiger partial charge in [-0.1, -0.05) is 55.8 Å². The molecule has 0 heterocycles. The van der Waals surface area contributed by atoms with Crippen LogP contribution in [0.2, 0.25) is 5.02 Å². The number of nitrogens with one attached hydrogen (secondary N) is 1. The normalized spacial score (nSPS) is 12.9. The molecule has 2 atom stereocenters. The summed E-state index contributed by atoms with van der Waals surface area (Å²) in [6.07, 6.45) is 1.11. The molecule has 41 heavy (non-hydrogen) atoms. The van der Waals surface area contributed by atoms with Crippen LogP contribution in [0.4, 0.5) is 5.69 Å². The standard InChI is InChI=1S/C32H40ClN3O4S/c1-7-25(6)34-32(38)30(8-2)35(20-26-12-10-9-11-23(26)4)31(37)21-36(28-16-13-22(3)24(5)19-28)41(39,40)29-17-14-27(33)15-18-29/h9-19,25,30H,7-8,20-21H2,1-6H3,(H,34,38). The van der Waals surface area contributed by atoms with Crippen LogP contribution in [0.25, 0.3) is 0 Å². The van der Waals surface area contributed by atoms with Crippen molar-refractivity contribution in [2.45, 2.75) is 77.9 Å². The molecule has 0 radical (unpaired) electrons. The van der Waals surface area contributed by atoms with E-state index in [9.17, 15) is 18.0 Å². The first-order valence-corrected chi connectivity index (χ1v) is 15.7. The number of carbonyl (C=O) groups is 2. The average Bonchev–Trinajstić information content (AvgIpc) is 2.94. The maximum absolute atomic E-state index is 14.2. The number of aryl methyl sites for hydroxylation is 3. The molecular weight excluding hydrogens is 558 g/mol. The van der Waals surface area contributed by atoms with Gasteiger partial charge in [-0.15, -0.1) is 0 Å². The number of halogens is 1. The molecule has 0 fully saturated rings. The van der Waals surface area contributed by atoms with E-state index in [1.807, 2.05) is 71.9 Å². The van der Waals surface area contributed by atoms with Gasteiger partial charge in [0.2, 0.25) is 11.8 Å². The van der Waals surface area contributed by atoms with Crippen LogP contribution < -0.4 is 9.62 Å². The summed E-state index contributed by atoms with van der Waals surface area (Å²) in [7, 11) is -4.16. The van der Waals surface area contributed by atoms with Gasteiger partial charge >= 0.3 is 0 Å². The molecule has 2 amide bonds. The van der Waals surface area contributed by atoms with Gasteiger partial charge in [-0.3, -0.25) is 13.9 Å². The van der Waals surface area contributed by atoms with Crippen molar-refractivity contribution in [2.75, 3.05) is 10.8 Å². The Morgan fingerprint density at radius 3 is 2.12 bits per heavy atom. The third-order valence-corrected chi connectivity index (χ3v) is 9.49. The number of benzene rings is 3. The number of hydrogen-bond donors (Lipinski definition) is 1. The van der Waals surface area contributed by atoms with E-state index in [0.717, 1.165) is 33.0 Å².